The number of hydrogen-bond acceptors (Lipinski definition) is 4. The van der Waals surface area contributed by atoms with Crippen molar-refractivity contribution in [2.75, 3.05) is 32.7 Å². The molecule has 3 aliphatic heterocycles. The van der Waals surface area contributed by atoms with Gasteiger partial charge in [0.15, 0.2) is 0 Å². The van der Waals surface area contributed by atoms with Gasteiger partial charge in [-0.2, -0.15) is 0 Å². The minimum absolute atomic E-state index is 0.337. The summed E-state index contributed by atoms with van der Waals surface area (Å²) in [5.41, 5.74) is 5.83. The van der Waals surface area contributed by atoms with E-state index in [4.69, 9.17) is 5.84 Å². The normalized spacial score (nSPS) is 31.4. The maximum Gasteiger partial charge on any atom is 0.0419 e. The number of fused-ring (bicyclic) bond motifs is 3. The first-order valence-electron chi connectivity index (χ1n) is 7.25. The van der Waals surface area contributed by atoms with Crippen LogP contribution < -0.4 is 11.3 Å². The van der Waals surface area contributed by atoms with Crippen LogP contribution in [0, 0.1) is 6.92 Å². The highest BCUT2D eigenvalue weighted by Crippen LogP contribution is 2.21. The van der Waals surface area contributed by atoms with Gasteiger partial charge in [0.05, 0.1) is 0 Å². The van der Waals surface area contributed by atoms with Gasteiger partial charge in [0.2, 0.25) is 0 Å². The summed E-state index contributed by atoms with van der Waals surface area (Å²) in [7, 11) is 0. The summed E-state index contributed by atoms with van der Waals surface area (Å²) in [5.74, 6) is 5.84. The van der Waals surface area contributed by atoms with Crippen molar-refractivity contribution in [1.29, 1.82) is 0 Å². The number of hydrogen-bond donors (Lipinski definition) is 2. The third kappa shape index (κ3) is 2.67. The van der Waals surface area contributed by atoms with E-state index >= 15 is 0 Å². The van der Waals surface area contributed by atoms with Gasteiger partial charge in [-0.1, -0.05) is 24.3 Å². The summed E-state index contributed by atoms with van der Waals surface area (Å²) < 4.78 is 0. The summed E-state index contributed by atoms with van der Waals surface area (Å²) >= 11 is 0. The van der Waals surface area contributed by atoms with Crippen LogP contribution in [0.2, 0.25) is 0 Å². The van der Waals surface area contributed by atoms with Crippen molar-refractivity contribution in [2.45, 2.75) is 25.4 Å². The number of nitrogens with zero attached hydrogens (tertiary/aromatic N) is 2. The minimum Gasteiger partial charge on any atom is -0.299 e. The first-order chi connectivity index (χ1) is 9.28. The van der Waals surface area contributed by atoms with Crippen molar-refractivity contribution in [2.24, 2.45) is 5.84 Å². The molecule has 2 unspecified atom stereocenters. The molecule has 2 bridgehead atoms. The number of nitrogens with two attached hydrogens (primary N) is 1. The lowest BCUT2D eigenvalue weighted by Gasteiger charge is -2.50. The molecule has 1 aromatic rings. The smallest absolute Gasteiger partial charge is 0.0419 e. The summed E-state index contributed by atoms with van der Waals surface area (Å²) in [6.07, 6.45) is 1.01. The van der Waals surface area contributed by atoms with E-state index in [1.54, 1.807) is 0 Å². The van der Waals surface area contributed by atoms with E-state index in [1.165, 1.54) is 37.3 Å². The van der Waals surface area contributed by atoms with Crippen LogP contribution in [0.25, 0.3) is 0 Å². The first kappa shape index (κ1) is 13.1. The Hall–Kier alpha value is -0.940. The molecule has 3 heterocycles. The van der Waals surface area contributed by atoms with Crippen LogP contribution in [0.15, 0.2) is 24.3 Å². The number of aryl methyl sites for hydroxylation is 1. The second-order valence-corrected chi connectivity index (χ2v) is 5.81. The predicted molar refractivity (Wildman–Crippen MR) is 77.8 cm³/mol. The Morgan fingerprint density at radius 1 is 1.26 bits per heavy atom. The molecular weight excluding hydrogens is 236 g/mol. The minimum atomic E-state index is 0.337. The molecular formula is C15H24N4. The number of piperazine rings is 3. The Labute approximate surface area is 115 Å². The molecule has 4 nitrogen and oxygen atoms in total. The lowest BCUT2D eigenvalue weighted by atomic mass is 9.93. The fourth-order valence-electron chi connectivity index (χ4n) is 3.42. The molecule has 4 heteroatoms. The zero-order valence-electron chi connectivity index (χ0n) is 11.7. The molecule has 3 fully saturated rings. The van der Waals surface area contributed by atoms with Gasteiger partial charge in [-0.15, -0.1) is 0 Å². The van der Waals surface area contributed by atoms with Crippen LogP contribution in [0.5, 0.6) is 0 Å². The van der Waals surface area contributed by atoms with Crippen LogP contribution in [0.1, 0.15) is 11.1 Å². The molecule has 4 rings (SSSR count). The number of nitrogens with one attached hydrogen (secondary N) is 1. The van der Waals surface area contributed by atoms with Crippen LogP contribution in [0.4, 0.5) is 0 Å². The SMILES string of the molecule is Cc1ccccc1CC(NN)C1CN2CCN1CC2. The van der Waals surface area contributed by atoms with Gasteiger partial charge in [-0.25, -0.2) is 0 Å². The highest BCUT2D eigenvalue weighted by atomic mass is 15.4. The molecule has 104 valence electrons. The fraction of sp³-hybridized carbons (Fsp3) is 0.600. The van der Waals surface area contributed by atoms with Gasteiger partial charge in [0, 0.05) is 44.8 Å². The lowest BCUT2D eigenvalue weighted by molar-refractivity contribution is -0.00316. The molecule has 0 radical (unpaired) electrons. The summed E-state index contributed by atoms with van der Waals surface area (Å²) in [6.45, 7) is 8.16. The van der Waals surface area contributed by atoms with Crippen molar-refractivity contribution >= 4 is 0 Å². The van der Waals surface area contributed by atoms with Crippen LogP contribution in [-0.4, -0.2) is 54.6 Å². The van der Waals surface area contributed by atoms with E-state index in [1.807, 2.05) is 0 Å². The molecule has 2 atom stereocenters. The van der Waals surface area contributed by atoms with Crippen molar-refractivity contribution < 1.29 is 0 Å². The maximum absolute atomic E-state index is 5.84. The van der Waals surface area contributed by atoms with Crippen molar-refractivity contribution in [3.05, 3.63) is 35.4 Å². The summed E-state index contributed by atoms with van der Waals surface area (Å²) in [5, 5.41) is 0. The van der Waals surface area contributed by atoms with E-state index in [9.17, 15) is 0 Å². The second-order valence-electron chi connectivity index (χ2n) is 5.81. The lowest BCUT2D eigenvalue weighted by Crippen LogP contribution is -2.67. The van der Waals surface area contributed by atoms with Gasteiger partial charge >= 0.3 is 0 Å². The van der Waals surface area contributed by atoms with Crippen LogP contribution >= 0.6 is 0 Å². The average molecular weight is 260 g/mol. The van der Waals surface area contributed by atoms with Crippen molar-refractivity contribution in [1.82, 2.24) is 15.2 Å². The Kier molecular flexibility index (Phi) is 3.84. The van der Waals surface area contributed by atoms with E-state index < -0.39 is 0 Å². The third-order valence-electron chi connectivity index (χ3n) is 4.70. The second kappa shape index (κ2) is 5.59. The zero-order valence-corrected chi connectivity index (χ0v) is 11.7. The Bertz CT molecular complexity index is 426. The Balaban J connectivity index is 1.73. The molecule has 0 saturated carbocycles. The Morgan fingerprint density at radius 3 is 2.58 bits per heavy atom. The van der Waals surface area contributed by atoms with E-state index in [0.29, 0.717) is 12.1 Å². The molecule has 0 aromatic heterocycles. The topological polar surface area (TPSA) is 44.5 Å². The van der Waals surface area contributed by atoms with Crippen LogP contribution in [0.3, 0.4) is 0 Å². The molecule has 0 aliphatic carbocycles. The first-order valence-corrected chi connectivity index (χ1v) is 7.25. The van der Waals surface area contributed by atoms with Gasteiger partial charge in [-0.3, -0.25) is 21.1 Å². The fourth-order valence-corrected chi connectivity index (χ4v) is 3.42. The summed E-state index contributed by atoms with van der Waals surface area (Å²) in [6, 6.07) is 9.50. The molecule has 3 aliphatic rings. The predicted octanol–water partition coefficient (Wildman–Crippen LogP) is 0.369. The van der Waals surface area contributed by atoms with Gasteiger partial charge in [0.1, 0.15) is 0 Å². The van der Waals surface area contributed by atoms with Crippen LogP contribution in [-0.2, 0) is 6.42 Å². The highest BCUT2D eigenvalue weighted by molar-refractivity contribution is 5.26. The summed E-state index contributed by atoms with van der Waals surface area (Å²) in [4.78, 5) is 5.16. The third-order valence-corrected chi connectivity index (χ3v) is 4.70. The van der Waals surface area contributed by atoms with E-state index in [-0.39, 0.29) is 0 Å². The number of benzene rings is 1. The van der Waals surface area contributed by atoms with E-state index in [2.05, 4.69) is 46.4 Å². The maximum atomic E-state index is 5.84. The quantitative estimate of drug-likeness (QED) is 0.606. The molecule has 0 amide bonds. The number of rotatable bonds is 4. The zero-order chi connectivity index (χ0) is 13.2. The highest BCUT2D eigenvalue weighted by Gasteiger charge is 2.36. The standard InChI is InChI=1S/C15H24N4/c1-12-4-2-3-5-13(12)10-14(17-16)15-11-18-6-8-19(15)9-7-18/h2-5,14-15,17H,6-11,16H2,1H3. The largest absolute Gasteiger partial charge is 0.299 e. The van der Waals surface area contributed by atoms with E-state index in [0.717, 1.165) is 13.0 Å². The molecule has 1 aromatic carbocycles. The van der Waals surface area contributed by atoms with Gasteiger partial charge in [0.25, 0.3) is 0 Å². The molecule has 0 spiro atoms. The van der Waals surface area contributed by atoms with Gasteiger partial charge in [-0.05, 0) is 24.5 Å². The molecule has 19 heavy (non-hydrogen) atoms. The monoisotopic (exact) mass is 260 g/mol. The van der Waals surface area contributed by atoms with Gasteiger partial charge < -0.3 is 0 Å². The van der Waals surface area contributed by atoms with Crippen molar-refractivity contribution in [3.8, 4) is 0 Å². The number of hydrazine groups is 1. The molecule has 3 saturated heterocycles. The molecule has 3 N–H and O–H groups in total. The average Bonchev–Trinajstić information content (AvgIpc) is 2.47. The van der Waals surface area contributed by atoms with Crippen molar-refractivity contribution in [3.63, 3.8) is 0 Å². The Morgan fingerprint density at radius 2 is 2.00 bits per heavy atom.